The second kappa shape index (κ2) is 14.1. The van der Waals surface area contributed by atoms with Crippen molar-refractivity contribution >= 4 is 40.2 Å². The molecule has 1 aromatic rings. The predicted molar refractivity (Wildman–Crippen MR) is 144 cm³/mol. The van der Waals surface area contributed by atoms with Crippen LogP contribution >= 0.6 is 23.1 Å². The number of thioether (sulfide) groups is 1. The van der Waals surface area contributed by atoms with Gasteiger partial charge in [-0.1, -0.05) is 11.8 Å². The third-order valence-electron chi connectivity index (χ3n) is 4.76. The first kappa shape index (κ1) is 28.6. The average Bonchev–Trinajstić information content (AvgIpc) is 3.26. The number of ether oxygens (including phenoxy) is 1. The van der Waals surface area contributed by atoms with Gasteiger partial charge in [0.25, 0.3) is 0 Å². The van der Waals surface area contributed by atoms with Gasteiger partial charge in [-0.15, -0.1) is 11.3 Å². The Bertz CT molecular complexity index is 967. The third-order valence-corrected chi connectivity index (χ3v) is 6.60. The number of carbonyl (C=O) groups is 1. The zero-order valence-electron chi connectivity index (χ0n) is 21.4. The number of rotatable bonds is 7. The molecule has 1 aromatic heterocycles. The topological polar surface area (TPSA) is 118 Å². The summed E-state index contributed by atoms with van der Waals surface area (Å²) in [4.78, 5) is 30.5. The van der Waals surface area contributed by atoms with Gasteiger partial charge in [-0.2, -0.15) is 5.26 Å². The zero-order valence-corrected chi connectivity index (χ0v) is 23.1. The van der Waals surface area contributed by atoms with Gasteiger partial charge in [-0.05, 0) is 40.8 Å². The van der Waals surface area contributed by atoms with E-state index in [0.717, 1.165) is 42.7 Å². The van der Waals surface area contributed by atoms with E-state index in [-0.39, 0.29) is 0 Å². The third kappa shape index (κ3) is 11.1. The number of allylic oxidation sites excluding steroid dienone is 1. The molecule has 1 aliphatic rings. The largest absolute Gasteiger partial charge is 0.444 e. The highest BCUT2D eigenvalue weighted by atomic mass is 32.2. The van der Waals surface area contributed by atoms with Gasteiger partial charge in [-0.25, -0.2) is 14.8 Å². The minimum atomic E-state index is -0.523. The van der Waals surface area contributed by atoms with Gasteiger partial charge in [-0.3, -0.25) is 4.99 Å². The number of hydrogen-bond donors (Lipinski definition) is 2. The highest BCUT2D eigenvalue weighted by molar-refractivity contribution is 8.13. The van der Waals surface area contributed by atoms with Crippen LogP contribution < -0.4 is 10.6 Å². The van der Waals surface area contributed by atoms with E-state index in [4.69, 9.17) is 15.0 Å². The summed E-state index contributed by atoms with van der Waals surface area (Å²) in [6, 6.07) is 2.12. The van der Waals surface area contributed by atoms with Crippen molar-refractivity contribution in [3.05, 3.63) is 27.9 Å². The normalized spacial score (nSPS) is 16.1. The number of alkyl carbamates (subject to hydrolysis) is 1. The molecule has 1 amide bonds. The van der Waals surface area contributed by atoms with Crippen LogP contribution in [0.5, 0.6) is 0 Å². The summed E-state index contributed by atoms with van der Waals surface area (Å²) in [7, 11) is 3.84. The van der Waals surface area contributed by atoms with Crippen molar-refractivity contribution < 1.29 is 9.53 Å². The van der Waals surface area contributed by atoms with Crippen LogP contribution in [0.3, 0.4) is 0 Å². The number of aromatic nitrogens is 1. The van der Waals surface area contributed by atoms with E-state index in [1.54, 1.807) is 13.2 Å². The summed E-state index contributed by atoms with van der Waals surface area (Å²) in [6.45, 7) is 12.2. The molecule has 35 heavy (non-hydrogen) atoms. The summed E-state index contributed by atoms with van der Waals surface area (Å²) in [5.41, 5.74) is 0.425. The summed E-state index contributed by atoms with van der Waals surface area (Å²) in [5.74, 6) is 1.46. The second-order valence-corrected chi connectivity index (χ2v) is 11.1. The number of nitrogens with zero attached hydrogens (tertiary/aromatic N) is 6. The van der Waals surface area contributed by atoms with E-state index < -0.39 is 11.7 Å². The first-order chi connectivity index (χ1) is 16.6. The number of carbonyl (C=O) groups excluding carboxylic acids is 1. The van der Waals surface area contributed by atoms with Crippen molar-refractivity contribution in [3.63, 3.8) is 0 Å². The van der Waals surface area contributed by atoms with Crippen LogP contribution in [-0.4, -0.2) is 90.1 Å². The van der Waals surface area contributed by atoms with Gasteiger partial charge >= 0.3 is 6.09 Å². The Morgan fingerprint density at radius 1 is 1.34 bits per heavy atom. The predicted octanol–water partition coefficient (Wildman–Crippen LogP) is 2.90. The second-order valence-electron chi connectivity index (χ2n) is 8.95. The van der Waals surface area contributed by atoms with Gasteiger partial charge in [0.15, 0.2) is 5.17 Å². The summed E-state index contributed by atoms with van der Waals surface area (Å²) in [5, 5.41) is 16.6. The van der Waals surface area contributed by atoms with Crippen molar-refractivity contribution in [2.24, 2.45) is 9.98 Å². The minimum absolute atomic E-state index is 0.429. The maximum atomic E-state index is 11.8. The minimum Gasteiger partial charge on any atom is -0.444 e. The molecule has 1 saturated heterocycles. The Morgan fingerprint density at radius 2 is 2.06 bits per heavy atom. The van der Waals surface area contributed by atoms with E-state index in [1.807, 2.05) is 33.8 Å². The molecule has 2 heterocycles. The first-order valence-corrected chi connectivity index (χ1v) is 13.3. The van der Waals surface area contributed by atoms with Crippen LogP contribution in [0.25, 0.3) is 0 Å². The summed E-state index contributed by atoms with van der Waals surface area (Å²) >= 11 is 2.87. The van der Waals surface area contributed by atoms with Gasteiger partial charge < -0.3 is 25.2 Å². The van der Waals surface area contributed by atoms with Crippen molar-refractivity contribution in [2.45, 2.75) is 39.8 Å². The fourth-order valence-corrected chi connectivity index (χ4v) is 4.32. The molecule has 192 valence electrons. The molecule has 0 bridgehead atoms. The molecule has 1 fully saturated rings. The van der Waals surface area contributed by atoms with E-state index in [9.17, 15) is 4.79 Å². The fourth-order valence-electron chi connectivity index (χ4n) is 2.99. The smallest absolute Gasteiger partial charge is 0.407 e. The van der Waals surface area contributed by atoms with Crippen LogP contribution in [-0.2, 0) is 11.3 Å². The molecular weight excluding hydrogens is 484 g/mol. The van der Waals surface area contributed by atoms with E-state index >= 15 is 0 Å². The molecular formula is C23H36N8O2S2. The number of nitriles is 1. The highest BCUT2D eigenvalue weighted by Gasteiger charge is 2.18. The Morgan fingerprint density at radius 3 is 2.66 bits per heavy atom. The quantitative estimate of drug-likeness (QED) is 0.320. The Labute approximate surface area is 216 Å². The first-order valence-electron chi connectivity index (χ1n) is 11.4. The molecule has 12 heteroatoms. The van der Waals surface area contributed by atoms with Crippen LogP contribution in [0.15, 0.2) is 28.0 Å². The Hall–Kier alpha value is -2.62. The number of aliphatic imine (C=N–C) groups is 2. The van der Waals surface area contributed by atoms with Crippen LogP contribution in [0.1, 0.15) is 37.6 Å². The van der Waals surface area contributed by atoms with Crippen molar-refractivity contribution in [1.82, 2.24) is 25.4 Å². The van der Waals surface area contributed by atoms with Gasteiger partial charge in [0, 0.05) is 51.2 Å². The highest BCUT2D eigenvalue weighted by Crippen LogP contribution is 2.13. The lowest BCUT2D eigenvalue weighted by molar-refractivity contribution is 0.0531. The lowest BCUT2D eigenvalue weighted by atomic mass is 10.2. The summed E-state index contributed by atoms with van der Waals surface area (Å²) in [6.07, 6.45) is 3.19. The van der Waals surface area contributed by atoms with Gasteiger partial charge in [0.05, 0.1) is 12.7 Å². The van der Waals surface area contributed by atoms with Gasteiger partial charge in [0.1, 0.15) is 27.4 Å². The lowest BCUT2D eigenvalue weighted by Crippen LogP contribution is -2.47. The van der Waals surface area contributed by atoms with Crippen LogP contribution in [0, 0.1) is 11.3 Å². The average molecular weight is 521 g/mol. The number of nitrogens with one attached hydrogen (secondary N) is 2. The van der Waals surface area contributed by atoms with E-state index in [1.165, 1.54) is 23.1 Å². The molecule has 0 unspecified atom stereocenters. The number of amides is 1. The molecule has 2 N–H and O–H groups in total. The lowest BCUT2D eigenvalue weighted by Gasteiger charge is -2.34. The number of amidine groups is 2. The maximum Gasteiger partial charge on any atom is 0.407 e. The summed E-state index contributed by atoms with van der Waals surface area (Å²) < 4.78 is 5.27. The molecule has 0 atom stereocenters. The van der Waals surface area contributed by atoms with E-state index in [2.05, 4.69) is 43.5 Å². The SMILES string of the molecule is CN=C(N=C(/C=C(\C)NCc1ncc(C#N)s1)N1CCN(C)CC1)SCCNC(=O)OC(C)(C)C. The number of likely N-dealkylation sites (N-methyl/N-ethyl adjacent to an activating group) is 1. The van der Waals surface area contributed by atoms with Crippen molar-refractivity contribution in [1.29, 1.82) is 5.26 Å². The number of thiazole rings is 1. The molecule has 0 spiro atoms. The zero-order chi connectivity index (χ0) is 25.8. The molecule has 0 radical (unpaired) electrons. The maximum absolute atomic E-state index is 11.8. The van der Waals surface area contributed by atoms with Crippen LogP contribution in [0.2, 0.25) is 0 Å². The standard InChI is InChI=1S/C23H36N8O2S2/c1-17(27-16-20-28-15-18(14-24)35-20)13-19(31-10-8-30(6)9-11-31)29-21(25-5)34-12-7-26-22(32)33-23(2,3)4/h13,15,27H,7-12,16H2,1-6H3,(H,26,32)/b17-13+,25-21?,29-19?. The number of piperazine rings is 1. The van der Waals surface area contributed by atoms with Crippen molar-refractivity contribution in [2.75, 3.05) is 52.6 Å². The molecule has 0 saturated carbocycles. The molecule has 1 aliphatic heterocycles. The Balaban J connectivity index is 2.02. The molecule has 10 nitrogen and oxygen atoms in total. The number of hydrogen-bond acceptors (Lipinski definition) is 9. The molecule has 0 aromatic carbocycles. The molecule has 2 rings (SSSR count). The monoisotopic (exact) mass is 520 g/mol. The fraction of sp³-hybridized carbons (Fsp3) is 0.609. The van der Waals surface area contributed by atoms with Crippen LogP contribution in [0.4, 0.5) is 4.79 Å². The Kier molecular flexibility index (Phi) is 11.5. The van der Waals surface area contributed by atoms with E-state index in [0.29, 0.717) is 28.9 Å². The van der Waals surface area contributed by atoms with Crippen molar-refractivity contribution in [3.8, 4) is 6.07 Å². The van der Waals surface area contributed by atoms with Gasteiger partial charge in [0.2, 0.25) is 0 Å². The molecule has 0 aliphatic carbocycles.